The van der Waals surface area contributed by atoms with Gasteiger partial charge in [-0.3, -0.25) is 19.2 Å². The number of aliphatic hydroxyl groups excluding tert-OH is 3. The van der Waals surface area contributed by atoms with Gasteiger partial charge in [0.2, 0.25) is 23.6 Å². The number of hydrogen-bond acceptors (Lipinski definition) is 14. The first kappa shape index (κ1) is 84.7. The quantitative estimate of drug-likeness (QED) is 0.0360. The Labute approximate surface area is 603 Å². The molecule has 103 heavy (non-hydrogen) atoms. The maximum absolute atomic E-state index is 14.0. The zero-order valence-electron chi connectivity index (χ0n) is 62.3. The van der Waals surface area contributed by atoms with Gasteiger partial charge in [-0.15, -0.1) is 0 Å². The zero-order chi connectivity index (χ0) is 76.6. The monoisotopic (exact) mass is 1460 g/mol. The van der Waals surface area contributed by atoms with E-state index >= 15 is 0 Å². The number of rotatable bonds is 24. The number of carbonyl (C=O) groups is 7. The molecule has 0 bridgehead atoms. The third-order valence-corrected chi connectivity index (χ3v) is 19.2. The van der Waals surface area contributed by atoms with Crippen molar-refractivity contribution in [2.24, 2.45) is 29.4 Å². The normalized spacial score (nSPS) is 22.5. The van der Waals surface area contributed by atoms with Gasteiger partial charge in [-0.05, 0) is 199 Å². The topological polar surface area (TPSA) is 274 Å². The molecule has 0 spiro atoms. The average Bonchev–Trinajstić information content (AvgIpc) is 1.71. The van der Waals surface area contributed by atoms with Gasteiger partial charge in [0.15, 0.2) is 0 Å². The molecule has 5 saturated heterocycles. The third kappa shape index (κ3) is 24.7. The molecule has 0 unspecified atom stereocenters. The number of aliphatic hydroxyl groups is 3. The molecule has 0 saturated carbocycles. The van der Waals surface area contributed by atoms with Crippen LogP contribution in [0.4, 0.5) is 40.7 Å². The predicted molar refractivity (Wildman–Crippen MR) is 375 cm³/mol. The SMILES string of the molecule is CC(C)(C)OC(=O)N1CCC[C@@H]1[C@@H](O)[C@@H](N)Cc1cc(F)cc(F)c1.CCCCN1C[C@@H](C(=O)N[C@@H](Cc2cc(F)cc(F)c2)[C@H](O)[C@H]2CCCN2C(=O)OC(C)(C)C)[C@H](CC)C1=O.CCCCN1C[C@H](C(=O)N[C@@H](Cc2cc(F)cc(F)c2)[C@H](O)[C@H]2CCCN2C(=O)OC(C)(C)C)[C@@H](CC)C1=O. The summed E-state index contributed by atoms with van der Waals surface area (Å²) < 4.78 is 99.0. The van der Waals surface area contributed by atoms with E-state index in [0.29, 0.717) is 83.2 Å². The Bertz CT molecular complexity index is 3130. The summed E-state index contributed by atoms with van der Waals surface area (Å²) in [7, 11) is 0. The van der Waals surface area contributed by atoms with Crippen LogP contribution >= 0.6 is 0 Å². The molecule has 576 valence electrons. The summed E-state index contributed by atoms with van der Waals surface area (Å²) in [6.45, 7) is 26.6. The molecular weight excluding hydrogens is 1350 g/mol. The molecule has 5 heterocycles. The summed E-state index contributed by atoms with van der Waals surface area (Å²) in [5, 5.41) is 39.4. The van der Waals surface area contributed by atoms with Gasteiger partial charge in [-0.1, -0.05) is 40.5 Å². The van der Waals surface area contributed by atoms with E-state index in [9.17, 15) is 75.2 Å². The maximum atomic E-state index is 14.0. The van der Waals surface area contributed by atoms with Gasteiger partial charge in [0.1, 0.15) is 51.7 Å². The van der Waals surface area contributed by atoms with Crippen LogP contribution in [0.5, 0.6) is 0 Å². The Kier molecular flexibility index (Phi) is 31.0. The minimum absolute atomic E-state index is 0.0534. The van der Waals surface area contributed by atoms with Crippen molar-refractivity contribution < 1.29 is 89.4 Å². The van der Waals surface area contributed by atoms with E-state index in [1.54, 1.807) is 72.1 Å². The van der Waals surface area contributed by atoms with Crippen molar-refractivity contribution >= 4 is 41.9 Å². The van der Waals surface area contributed by atoms with Crippen molar-refractivity contribution in [2.45, 2.75) is 258 Å². The van der Waals surface area contributed by atoms with Gasteiger partial charge in [-0.25, -0.2) is 40.7 Å². The molecule has 7 N–H and O–H groups in total. The Hall–Kier alpha value is -7.23. The summed E-state index contributed by atoms with van der Waals surface area (Å²) in [5.74, 6) is -7.49. The highest BCUT2D eigenvalue weighted by atomic mass is 19.2. The second kappa shape index (κ2) is 37.7. The molecule has 0 radical (unpaired) electrons. The van der Waals surface area contributed by atoms with E-state index in [-0.39, 0.29) is 55.3 Å². The summed E-state index contributed by atoms with van der Waals surface area (Å²) in [5.41, 5.74) is 4.85. The third-order valence-electron chi connectivity index (χ3n) is 19.2. The summed E-state index contributed by atoms with van der Waals surface area (Å²) in [6, 6.07) is 4.89. The highest BCUT2D eigenvalue weighted by Crippen LogP contribution is 2.34. The van der Waals surface area contributed by atoms with Crippen molar-refractivity contribution in [1.82, 2.24) is 35.1 Å². The number of unbranched alkanes of at least 4 members (excludes halogenated alkanes) is 2. The lowest BCUT2D eigenvalue weighted by Crippen LogP contribution is -2.56. The highest BCUT2D eigenvalue weighted by Gasteiger charge is 2.48. The van der Waals surface area contributed by atoms with E-state index in [2.05, 4.69) is 10.6 Å². The van der Waals surface area contributed by atoms with Crippen molar-refractivity contribution in [3.63, 3.8) is 0 Å². The lowest BCUT2D eigenvalue weighted by Gasteiger charge is -2.35. The van der Waals surface area contributed by atoms with Crippen LogP contribution < -0.4 is 16.4 Å². The van der Waals surface area contributed by atoms with Gasteiger partial charge >= 0.3 is 18.3 Å². The molecule has 5 aliphatic heterocycles. The second-order valence-electron chi connectivity index (χ2n) is 31.0. The molecule has 0 aliphatic carbocycles. The van der Waals surface area contributed by atoms with Crippen molar-refractivity contribution in [3.8, 4) is 0 Å². The van der Waals surface area contributed by atoms with E-state index in [1.807, 2.05) is 27.7 Å². The van der Waals surface area contributed by atoms with Crippen LogP contribution in [-0.2, 0) is 52.7 Å². The number of ether oxygens (including phenoxy) is 3. The van der Waals surface area contributed by atoms with Crippen LogP contribution in [0.15, 0.2) is 54.6 Å². The lowest BCUT2D eigenvalue weighted by atomic mass is 9.90. The van der Waals surface area contributed by atoms with Crippen LogP contribution in [0.25, 0.3) is 0 Å². The molecule has 3 aromatic carbocycles. The number of carbonyl (C=O) groups excluding carboxylic acids is 7. The second-order valence-corrected chi connectivity index (χ2v) is 31.0. The first-order valence-corrected chi connectivity index (χ1v) is 36.6. The molecule has 21 nitrogen and oxygen atoms in total. The van der Waals surface area contributed by atoms with Gasteiger partial charge < -0.3 is 70.4 Å². The number of nitrogens with two attached hydrogens (primary N) is 1. The smallest absolute Gasteiger partial charge is 0.410 e. The summed E-state index contributed by atoms with van der Waals surface area (Å²) in [6.07, 6.45) is 2.98. The molecule has 0 aromatic heterocycles. The van der Waals surface area contributed by atoms with Crippen LogP contribution in [-0.4, -0.2) is 199 Å². The molecule has 27 heteroatoms. The molecule has 7 amide bonds. The number of halogens is 6. The highest BCUT2D eigenvalue weighted by molar-refractivity contribution is 5.92. The number of likely N-dealkylation sites (tertiary alicyclic amines) is 5. The largest absolute Gasteiger partial charge is 0.444 e. The molecule has 8 rings (SSSR count). The number of nitrogens with zero attached hydrogens (tertiary/aromatic N) is 5. The molecule has 5 fully saturated rings. The van der Waals surface area contributed by atoms with Gasteiger partial charge in [0.05, 0.1) is 72.2 Å². The van der Waals surface area contributed by atoms with E-state index in [0.717, 1.165) is 74.6 Å². The molecular formula is C76H112F6N8O13. The van der Waals surface area contributed by atoms with Crippen molar-refractivity contribution in [2.75, 3.05) is 45.8 Å². The van der Waals surface area contributed by atoms with E-state index in [4.69, 9.17) is 19.9 Å². The van der Waals surface area contributed by atoms with Crippen molar-refractivity contribution in [1.29, 1.82) is 0 Å². The molecule has 5 aliphatic rings. The van der Waals surface area contributed by atoms with Gasteiger partial charge in [-0.2, -0.15) is 0 Å². The zero-order valence-corrected chi connectivity index (χ0v) is 62.3. The van der Waals surface area contributed by atoms with E-state index < -0.39 is 160 Å². The Balaban J connectivity index is 0.000000249. The maximum Gasteiger partial charge on any atom is 0.410 e. The fourth-order valence-corrected chi connectivity index (χ4v) is 14.4. The first-order valence-electron chi connectivity index (χ1n) is 36.6. The number of benzene rings is 3. The average molecular weight is 1460 g/mol. The fourth-order valence-electron chi connectivity index (χ4n) is 14.4. The number of amides is 7. The summed E-state index contributed by atoms with van der Waals surface area (Å²) >= 11 is 0. The van der Waals surface area contributed by atoms with Crippen LogP contribution in [0, 0.1) is 58.6 Å². The lowest BCUT2D eigenvalue weighted by molar-refractivity contribution is -0.134. The van der Waals surface area contributed by atoms with Gasteiger partial charge in [0, 0.05) is 70.1 Å². The number of nitrogens with one attached hydrogen (secondary N) is 2. The standard InChI is InChI=1S/2C29H43F2N3O5.C18H26F2N2O3/c2*1-6-8-11-33-17-22(21(7-2)27(33)37)26(36)32-23(15-18-13-19(30)16-20(31)14-18)25(35)24-10-9-12-34(24)28(38)39-29(3,4)5;1-18(2,3)25-17(24)22-6-4-5-15(22)16(23)14(21)9-11-7-12(19)10-13(20)8-11/h2*13-14,16,21-25,35H,6-12,15,17H2,1-5H3,(H,32,36);7-8,10,14-16,23H,4-6,9,21H2,1-3H3/t21-,22+,23+,24-,25+;21-,22+,23-,24+,25-;14-,15+,16-/m100/s1. The number of hydrogen-bond donors (Lipinski definition) is 6. The van der Waals surface area contributed by atoms with Crippen LogP contribution in [0.2, 0.25) is 0 Å². The predicted octanol–water partition coefficient (Wildman–Crippen LogP) is 10.7. The fraction of sp³-hybridized carbons (Fsp3) is 0.671. The van der Waals surface area contributed by atoms with E-state index in [1.165, 1.54) is 26.8 Å². The Morgan fingerprint density at radius 3 is 1.03 bits per heavy atom. The Morgan fingerprint density at radius 2 is 0.757 bits per heavy atom. The van der Waals surface area contributed by atoms with Crippen LogP contribution in [0.1, 0.15) is 184 Å². The summed E-state index contributed by atoms with van der Waals surface area (Å²) in [4.78, 5) is 98.9. The minimum atomic E-state index is -1.23. The van der Waals surface area contributed by atoms with Gasteiger partial charge in [0.25, 0.3) is 0 Å². The first-order chi connectivity index (χ1) is 48.2. The van der Waals surface area contributed by atoms with Crippen molar-refractivity contribution in [3.05, 3.63) is 106 Å². The molecule has 3 aromatic rings. The molecule has 13 atom stereocenters. The minimum Gasteiger partial charge on any atom is -0.444 e. The van der Waals surface area contributed by atoms with Crippen LogP contribution in [0.3, 0.4) is 0 Å². The Morgan fingerprint density at radius 1 is 0.476 bits per heavy atom.